The van der Waals surface area contributed by atoms with Gasteiger partial charge in [-0.3, -0.25) is 0 Å². The lowest BCUT2D eigenvalue weighted by Gasteiger charge is -2.06. The summed E-state index contributed by atoms with van der Waals surface area (Å²) in [5, 5.41) is 2.94. The molecule has 0 atom stereocenters. The minimum Gasteiger partial charge on any atom is -0.370 e. The Labute approximate surface area is 98.3 Å². The van der Waals surface area contributed by atoms with Crippen molar-refractivity contribution in [1.29, 1.82) is 0 Å². The number of nitrogens with one attached hydrogen (secondary N) is 1. The molecule has 1 heterocycles. The Morgan fingerprint density at radius 1 is 1.00 bits per heavy atom. The molecule has 0 saturated heterocycles. The topological polar surface area (TPSA) is 24.9 Å². The Hall–Kier alpha value is -1.97. The van der Waals surface area contributed by atoms with E-state index in [1.165, 1.54) is 12.1 Å². The van der Waals surface area contributed by atoms with Crippen molar-refractivity contribution >= 4 is 5.82 Å². The van der Waals surface area contributed by atoms with Crippen molar-refractivity contribution in [3.05, 3.63) is 59.8 Å². The van der Waals surface area contributed by atoms with Crippen molar-refractivity contribution < 1.29 is 8.78 Å². The van der Waals surface area contributed by atoms with Crippen molar-refractivity contribution in [2.24, 2.45) is 0 Å². The van der Waals surface area contributed by atoms with E-state index in [9.17, 15) is 8.78 Å². The highest BCUT2D eigenvalue weighted by molar-refractivity contribution is 5.33. The van der Waals surface area contributed by atoms with E-state index in [0.29, 0.717) is 24.3 Å². The maximum absolute atomic E-state index is 13.3. The van der Waals surface area contributed by atoms with Gasteiger partial charge in [-0.05, 0) is 30.2 Å². The van der Waals surface area contributed by atoms with Crippen molar-refractivity contribution in [2.45, 2.75) is 6.42 Å². The Morgan fingerprint density at radius 3 is 2.59 bits per heavy atom. The summed E-state index contributed by atoms with van der Waals surface area (Å²) in [6.45, 7) is 0.511. The van der Waals surface area contributed by atoms with Gasteiger partial charge >= 0.3 is 0 Å². The van der Waals surface area contributed by atoms with Crippen LogP contribution in [0.25, 0.3) is 0 Å². The van der Waals surface area contributed by atoms with Crippen LogP contribution in [0, 0.1) is 11.8 Å². The van der Waals surface area contributed by atoms with Crippen LogP contribution < -0.4 is 5.32 Å². The number of halogens is 2. The minimum atomic E-state index is -0.527. The zero-order chi connectivity index (χ0) is 12.1. The summed E-state index contributed by atoms with van der Waals surface area (Å²) in [5.74, 6) is -0.288. The Balaban J connectivity index is 1.90. The van der Waals surface area contributed by atoms with Crippen LogP contribution in [0.2, 0.25) is 0 Å². The first-order chi connectivity index (χ1) is 8.25. The highest BCUT2D eigenvalue weighted by Crippen LogP contribution is 2.08. The molecule has 0 aliphatic heterocycles. The van der Waals surface area contributed by atoms with Gasteiger partial charge in [-0.25, -0.2) is 9.37 Å². The molecule has 0 aliphatic rings. The second-order valence-electron chi connectivity index (χ2n) is 3.61. The second-order valence-corrected chi connectivity index (χ2v) is 3.61. The van der Waals surface area contributed by atoms with Gasteiger partial charge in [-0.2, -0.15) is 4.39 Å². The van der Waals surface area contributed by atoms with E-state index in [1.54, 1.807) is 30.3 Å². The van der Waals surface area contributed by atoms with Crippen LogP contribution in [0.3, 0.4) is 0 Å². The summed E-state index contributed by atoms with van der Waals surface area (Å²) in [6, 6.07) is 11.1. The SMILES string of the molecule is Fc1cccc(NCCc2ccccc2F)n1. The molecule has 1 aromatic carbocycles. The summed E-state index contributed by atoms with van der Waals surface area (Å²) >= 11 is 0. The molecule has 2 rings (SSSR count). The molecule has 0 amide bonds. The van der Waals surface area contributed by atoms with Gasteiger partial charge in [0.15, 0.2) is 0 Å². The molecule has 0 radical (unpaired) electrons. The van der Waals surface area contributed by atoms with Crippen molar-refractivity contribution in [1.82, 2.24) is 4.98 Å². The molecule has 1 N–H and O–H groups in total. The minimum absolute atomic E-state index is 0.221. The fourth-order valence-corrected chi connectivity index (χ4v) is 1.53. The van der Waals surface area contributed by atoms with Crippen LogP contribution in [-0.4, -0.2) is 11.5 Å². The van der Waals surface area contributed by atoms with E-state index in [2.05, 4.69) is 10.3 Å². The summed E-state index contributed by atoms with van der Waals surface area (Å²) in [7, 11) is 0. The van der Waals surface area contributed by atoms with Crippen LogP contribution in [0.1, 0.15) is 5.56 Å². The molecular formula is C13H12F2N2. The largest absolute Gasteiger partial charge is 0.370 e. The molecule has 4 heteroatoms. The predicted molar refractivity (Wildman–Crippen MR) is 62.8 cm³/mol. The van der Waals surface area contributed by atoms with Gasteiger partial charge in [0.25, 0.3) is 0 Å². The maximum atomic E-state index is 13.3. The molecular weight excluding hydrogens is 222 g/mol. The van der Waals surface area contributed by atoms with E-state index < -0.39 is 5.95 Å². The Kier molecular flexibility index (Phi) is 3.65. The number of anilines is 1. The normalized spacial score (nSPS) is 10.2. The van der Waals surface area contributed by atoms with Crippen molar-refractivity contribution in [2.75, 3.05) is 11.9 Å². The standard InChI is InChI=1S/C13H12F2N2/c14-11-5-2-1-4-10(11)8-9-16-13-7-3-6-12(15)17-13/h1-7H,8-9H2,(H,16,17). The smallest absolute Gasteiger partial charge is 0.214 e. The third kappa shape index (κ3) is 3.24. The summed E-state index contributed by atoms with van der Waals surface area (Å²) in [5.41, 5.74) is 0.636. The zero-order valence-corrected chi connectivity index (χ0v) is 9.16. The monoisotopic (exact) mass is 234 g/mol. The average molecular weight is 234 g/mol. The van der Waals surface area contributed by atoms with E-state index >= 15 is 0 Å². The fourth-order valence-electron chi connectivity index (χ4n) is 1.53. The van der Waals surface area contributed by atoms with Crippen molar-refractivity contribution in [3.8, 4) is 0 Å². The molecule has 0 spiro atoms. The molecule has 2 nitrogen and oxygen atoms in total. The van der Waals surface area contributed by atoms with E-state index in [1.807, 2.05) is 0 Å². The molecule has 0 aliphatic carbocycles. The van der Waals surface area contributed by atoms with Crippen LogP contribution >= 0.6 is 0 Å². The van der Waals surface area contributed by atoms with Gasteiger partial charge in [-0.15, -0.1) is 0 Å². The molecule has 0 saturated carbocycles. The van der Waals surface area contributed by atoms with Gasteiger partial charge < -0.3 is 5.32 Å². The maximum Gasteiger partial charge on any atom is 0.214 e. The third-order valence-electron chi connectivity index (χ3n) is 2.37. The molecule has 1 aromatic heterocycles. The number of aromatic nitrogens is 1. The molecule has 17 heavy (non-hydrogen) atoms. The summed E-state index contributed by atoms with van der Waals surface area (Å²) in [6.07, 6.45) is 0.533. The van der Waals surface area contributed by atoms with Gasteiger partial charge in [0.05, 0.1) is 0 Å². The molecule has 2 aromatic rings. The quantitative estimate of drug-likeness (QED) is 0.822. The second kappa shape index (κ2) is 5.39. The first kappa shape index (κ1) is 11.5. The summed E-state index contributed by atoms with van der Waals surface area (Å²) < 4.78 is 26.0. The predicted octanol–water partition coefficient (Wildman–Crippen LogP) is 3.01. The van der Waals surface area contributed by atoms with E-state index in [-0.39, 0.29) is 5.82 Å². The molecule has 88 valence electrons. The van der Waals surface area contributed by atoms with Crippen LogP contribution in [0.4, 0.5) is 14.6 Å². The van der Waals surface area contributed by atoms with Gasteiger partial charge in [0.1, 0.15) is 11.6 Å². The first-order valence-electron chi connectivity index (χ1n) is 5.35. The van der Waals surface area contributed by atoms with Crippen molar-refractivity contribution in [3.63, 3.8) is 0 Å². The zero-order valence-electron chi connectivity index (χ0n) is 9.16. The average Bonchev–Trinajstić information content (AvgIpc) is 2.32. The molecule has 0 fully saturated rings. The number of rotatable bonds is 4. The third-order valence-corrected chi connectivity index (χ3v) is 2.37. The number of hydrogen-bond acceptors (Lipinski definition) is 2. The first-order valence-corrected chi connectivity index (χ1v) is 5.35. The highest BCUT2D eigenvalue weighted by atomic mass is 19.1. The lowest BCUT2D eigenvalue weighted by atomic mass is 10.1. The summed E-state index contributed by atoms with van der Waals surface area (Å²) in [4.78, 5) is 3.66. The molecule has 0 bridgehead atoms. The van der Waals surface area contributed by atoms with E-state index in [4.69, 9.17) is 0 Å². The van der Waals surface area contributed by atoms with Gasteiger partial charge in [-0.1, -0.05) is 24.3 Å². The number of hydrogen-bond donors (Lipinski definition) is 1. The molecule has 0 unspecified atom stereocenters. The Bertz CT molecular complexity index is 500. The van der Waals surface area contributed by atoms with Crippen LogP contribution in [-0.2, 0) is 6.42 Å². The van der Waals surface area contributed by atoms with Crippen LogP contribution in [0.15, 0.2) is 42.5 Å². The number of pyridine rings is 1. The van der Waals surface area contributed by atoms with E-state index in [0.717, 1.165) is 0 Å². The number of benzene rings is 1. The van der Waals surface area contributed by atoms with Crippen LogP contribution in [0.5, 0.6) is 0 Å². The van der Waals surface area contributed by atoms with Gasteiger partial charge in [0.2, 0.25) is 5.95 Å². The number of nitrogens with zero attached hydrogens (tertiary/aromatic N) is 1. The van der Waals surface area contributed by atoms with Gasteiger partial charge in [0, 0.05) is 6.54 Å². The highest BCUT2D eigenvalue weighted by Gasteiger charge is 2.00. The lowest BCUT2D eigenvalue weighted by Crippen LogP contribution is -2.07. The Morgan fingerprint density at radius 2 is 1.82 bits per heavy atom. The fraction of sp³-hybridized carbons (Fsp3) is 0.154. The lowest BCUT2D eigenvalue weighted by molar-refractivity contribution is 0.584.